The molecule has 143 heavy (non-hydrogen) atoms. The summed E-state index contributed by atoms with van der Waals surface area (Å²) in [4.78, 5) is 159. The van der Waals surface area contributed by atoms with E-state index in [1.165, 1.54) is 9.13 Å². The highest BCUT2D eigenvalue weighted by Gasteiger charge is 2.45. The number of aromatic nitrogens is 8. The zero-order valence-electron chi connectivity index (χ0n) is 76.8. The van der Waals surface area contributed by atoms with Gasteiger partial charge in [-0.25, -0.2) is 54.1 Å². The molecule has 0 radical (unpaired) electrons. The third-order valence-corrected chi connectivity index (χ3v) is 36.8. The van der Waals surface area contributed by atoms with Gasteiger partial charge >= 0.3 is 0 Å². The Labute approximate surface area is 821 Å². The minimum atomic E-state index is -6.54. The first kappa shape index (κ1) is 117. The van der Waals surface area contributed by atoms with Crippen LogP contribution in [0.1, 0.15) is 166 Å². The molecule has 2 aromatic carbocycles. The summed E-state index contributed by atoms with van der Waals surface area (Å²) in [7, 11) is -58.0. The highest BCUT2D eigenvalue weighted by Crippen LogP contribution is 2.69. The van der Waals surface area contributed by atoms with Crippen LogP contribution in [0.2, 0.25) is 0 Å². The van der Waals surface area contributed by atoms with E-state index in [-0.39, 0.29) is 97.7 Å². The van der Waals surface area contributed by atoms with Gasteiger partial charge in [-0.3, -0.25) is 74.6 Å². The van der Waals surface area contributed by atoms with Gasteiger partial charge in [0.25, 0.3) is 83.8 Å². The first-order valence-electron chi connectivity index (χ1n) is 43.9. The van der Waals surface area contributed by atoms with Crippen LogP contribution in [0.25, 0.3) is 22.3 Å². The van der Waals surface area contributed by atoms with E-state index < -0.39 is 180 Å². The van der Waals surface area contributed by atoms with Crippen molar-refractivity contribution in [2.75, 3.05) is 98.5 Å². The van der Waals surface area contributed by atoms with Crippen molar-refractivity contribution in [2.24, 2.45) is 11.7 Å². The van der Waals surface area contributed by atoms with E-state index in [1.54, 1.807) is 6.07 Å². The molecule has 5 aliphatic heterocycles. The number of ether oxygens (including phenoxy) is 2. The van der Waals surface area contributed by atoms with Crippen LogP contribution in [0.5, 0.6) is 0 Å². The molecule has 9 heterocycles. The van der Waals surface area contributed by atoms with Crippen molar-refractivity contribution in [3.05, 3.63) is 133 Å². The number of aliphatic hydroxyl groups excluding tert-OH is 1. The number of imidazole rings is 2. The minimum absolute atomic E-state index is 0.00740. The van der Waals surface area contributed by atoms with Crippen molar-refractivity contribution in [3.63, 3.8) is 0 Å². The molecule has 1 amide bonds. The number of H-pyrrole nitrogens is 2. The molecule has 68 heteroatoms. The van der Waals surface area contributed by atoms with Crippen molar-refractivity contribution in [1.82, 2.24) is 44.4 Å². The monoisotopic (exact) mass is 2230 g/mol. The third kappa shape index (κ3) is 33.0. The second-order valence-corrected chi connectivity index (χ2v) is 50.3. The quantitative estimate of drug-likeness (QED) is 0.00503. The van der Waals surface area contributed by atoms with E-state index in [1.807, 2.05) is 56.0 Å². The normalized spacial score (nSPS) is 24.4. The number of carbonyl (C=O) groups excluding carboxylic acids is 1. The molecule has 0 spiro atoms. The van der Waals surface area contributed by atoms with E-state index in [4.69, 9.17) is 36.3 Å². The molecule has 57 nitrogen and oxygen atoms in total. The number of aliphatic hydroxyl groups is 1. The van der Waals surface area contributed by atoms with Gasteiger partial charge in [0.05, 0.1) is 79.2 Å². The lowest BCUT2D eigenvalue weighted by Gasteiger charge is -2.36. The van der Waals surface area contributed by atoms with Gasteiger partial charge in [0.1, 0.15) is 31.6 Å². The lowest BCUT2D eigenvalue weighted by Crippen LogP contribution is -2.40. The fourth-order valence-electron chi connectivity index (χ4n) is 16.7. The largest absolute Gasteiger partial charge is 0.850 e. The average molecular weight is 2230 g/mol. The van der Waals surface area contributed by atoms with Gasteiger partial charge in [-0.1, -0.05) is 94.4 Å². The molecule has 3 saturated heterocycles. The summed E-state index contributed by atoms with van der Waals surface area (Å²) in [5.41, 5.74) is 22.9. The van der Waals surface area contributed by atoms with Crippen molar-refractivity contribution in [3.8, 4) is 0 Å². The number of allylic oxidation sites excluding steroid dienone is 8. The third-order valence-electron chi connectivity index (χ3n) is 23.1. The predicted molar refractivity (Wildman–Crippen MR) is 485 cm³/mol. The van der Waals surface area contributed by atoms with Crippen molar-refractivity contribution in [2.45, 2.75) is 196 Å². The first-order chi connectivity index (χ1) is 66.7. The van der Waals surface area contributed by atoms with Crippen LogP contribution in [-0.4, -0.2) is 193 Å². The lowest BCUT2D eigenvalue weighted by molar-refractivity contribution is -0.539. The van der Waals surface area contributed by atoms with E-state index in [2.05, 4.69) is 132 Å². The number of nitrogen functional groups attached to an aromatic ring is 2. The molecule has 6 aromatic rings. The van der Waals surface area contributed by atoms with Gasteiger partial charge in [-0.15, -0.1) is 4.33 Å². The number of nitrogens with two attached hydrogens (primary N) is 3. The van der Waals surface area contributed by atoms with Crippen LogP contribution >= 0.6 is 74.6 Å². The van der Waals surface area contributed by atoms with Crippen LogP contribution in [-0.2, 0) is 135 Å². The number of nitrogens with one attached hydrogen (secondary N) is 3. The van der Waals surface area contributed by atoms with E-state index in [0.717, 1.165) is 87.4 Å². The van der Waals surface area contributed by atoms with E-state index in [0.29, 0.717) is 95.3 Å². The predicted octanol–water partition coefficient (Wildman–Crippen LogP) is 2.39. The molecule has 6 aliphatic rings. The molecular weight excluding hydrogens is 2130 g/mol. The zero-order valence-corrected chi connectivity index (χ0v) is 86.4. The standard InChI is InChI=1S/C59H83N9O26P4S3.C16H29N6O16P4/c1-38-15-19-45-43(33-38)58(2,3)49(66(45)26-11-31-100(81,82)83)21-16-39-13-10-14-40(17-22-50-59(4,5)44-34-42(99-91-90-72)18-20-46(44)67(50)27-12-32-101(84,85)86)53(39)65-28-23-41(24-29-65)55(70)61-25-8-6-7-9-30-87-95(73,74)92-97(77,78)94-98(79,80)93-96(75,76)88-36-48-47(69)35-51(89-48)68-37-62-52-54(68)63-57(60)64-56(52)71;17-5-3-1-2-4-6-33-39(25,26)36-41(29,30)38-42(31,32)37-40(27,28)34-8-11-10(23)7-12(35-11)22-9-19-13-14(22)20-16(18)21-15(13)24/h15-22,33-34,37,41,47-48,51,69H,6-14,23-32,35-36H2,1-5H3,(H10-,60,61,63,64,70,71,72,73,74,75,76,77,78,79,80,81,82,83,84,85,86);9-12H,1-8,17H2,(H,25,26)(H,27,28)(H,29,30)(H,31,32)(H3,18,20,21,24)/q;-1/p-8/t47?,48-,51-;10?,11-,12-/m11/s1. The number of rotatable bonds is 49. The van der Waals surface area contributed by atoms with Crippen molar-refractivity contribution in [1.29, 1.82) is 0 Å². The number of phosphoric ester groups is 4. The van der Waals surface area contributed by atoms with E-state index in [9.17, 15) is 126 Å². The number of phosphoric acid groups is 8. The number of carbonyl (C=O) groups is 1. The molecule has 0 bridgehead atoms. The molecule has 12 N–H and O–H groups in total. The molecule has 10 unspecified atom stereocenters. The smallest absolute Gasteiger partial charge is 0.280 e. The fourth-order valence-corrected chi connectivity index (χ4v) is 27.6. The maximum Gasteiger partial charge on any atom is 0.280 e. The number of unbranched alkanes of at least 4 members (excludes halogenated alkanes) is 6. The summed E-state index contributed by atoms with van der Waals surface area (Å²) in [6.45, 7) is 9.07. The Morgan fingerprint density at radius 2 is 1.05 bits per heavy atom. The summed E-state index contributed by atoms with van der Waals surface area (Å²) in [5, 5.41) is 38.6. The number of nitrogens with zero attached hydrogens (tertiary/aromatic N) is 9. The highest BCUT2D eigenvalue weighted by molar-refractivity contribution is 7.94. The second-order valence-electron chi connectivity index (χ2n) is 34.3. The topological polar surface area (TPSA) is 869 Å². The van der Waals surface area contributed by atoms with Crippen molar-refractivity contribution < 1.29 is 189 Å². The molecule has 1 saturated carbocycles. The Hall–Kier alpha value is -6.59. The Morgan fingerprint density at radius 1 is 0.608 bits per heavy atom. The Bertz CT molecular complexity index is 6570. The summed E-state index contributed by atoms with van der Waals surface area (Å²) < 4.78 is 226. The number of anilines is 4. The summed E-state index contributed by atoms with van der Waals surface area (Å²) >= 11 is 0.794. The Morgan fingerprint density at radius 3 is 1.53 bits per heavy atom. The molecule has 4 fully saturated rings. The number of amides is 1. The average Bonchev–Trinajstić information content (AvgIpc) is 1.58. The highest BCUT2D eigenvalue weighted by atomic mass is 32.2. The van der Waals surface area contributed by atoms with Gasteiger partial charge in [0.15, 0.2) is 22.3 Å². The molecule has 4 aromatic heterocycles. The number of piperidine rings is 1. The molecule has 14 atom stereocenters. The number of hydrogen-bond donors (Lipinski definition) is 9. The van der Waals surface area contributed by atoms with Gasteiger partial charge in [0.2, 0.25) is 23.5 Å². The van der Waals surface area contributed by atoms with E-state index >= 15 is 0 Å². The van der Waals surface area contributed by atoms with Gasteiger partial charge in [-0.2, -0.15) is 18.4 Å². The van der Waals surface area contributed by atoms with Gasteiger partial charge in [0, 0.05) is 100 Å². The summed E-state index contributed by atoms with van der Waals surface area (Å²) in [5.74, 6) is -2.07. The number of aromatic amines is 2. The van der Waals surface area contributed by atoms with Crippen LogP contribution in [0.4, 0.5) is 23.3 Å². The molecule has 12 rings (SSSR count). The van der Waals surface area contributed by atoms with Crippen molar-refractivity contribution >= 4 is 152 Å². The number of aryl methyl sites for hydroxylation is 1. The zero-order chi connectivity index (χ0) is 105. The maximum atomic E-state index is 13.8. The summed E-state index contributed by atoms with van der Waals surface area (Å²) in [6.07, 6.45) is 8.08. The van der Waals surface area contributed by atoms with Gasteiger partial charge < -0.3 is 114 Å². The lowest BCUT2D eigenvalue weighted by atomic mass is 9.82. The Balaban J connectivity index is 0.000000386. The first-order valence-corrected chi connectivity index (χ1v) is 59.5. The second kappa shape index (κ2) is 48.6. The molecular formula is C75H104N15O42P8S3-9. The van der Waals surface area contributed by atoms with Crippen LogP contribution in [0.15, 0.2) is 110 Å². The van der Waals surface area contributed by atoms with Crippen LogP contribution in [0.3, 0.4) is 0 Å². The maximum absolute atomic E-state index is 13.8. The molecule has 1 aliphatic carbocycles. The number of hydrogen-bond acceptors (Lipinski definition) is 51. The number of benzene rings is 2. The minimum Gasteiger partial charge on any atom is -0.850 e. The molecule has 798 valence electrons. The van der Waals surface area contributed by atoms with Crippen LogP contribution < -0.4 is 87.7 Å². The fraction of sp³-hybridized carbons (Fsp3) is 0.573. The summed E-state index contributed by atoms with van der Waals surface area (Å²) in [6, 6.07) is 11.6. The SMILES string of the molecule is Cc1ccc2c(c1)C(C)(C)/C(=C/C=C1\CCCC(=CC=C3N(CCCS(=O)(=O)[O-])c4ccc(SOOO)cc4C3(C)C)C1=[N+]1CCC(C(=O)NCCCCCCOP(=O)([O-])OP(=O)([O-])OP(=O)([O-])OP(=O)([O-])OC[C@H]3O[C@@H](n4cnc5c(=O)[nH]c(N)nc54)CC3O)CC1)N2CCCS(=O)(=O)O.NCCCCCCOP(=O)([O-])OP(=O)([O-])OP(=O)([O-])OP(=O)([O-])OC[C@H]1O[C@@H](n2cnc3c(=O)[nH]c(N)nc32)CC1[O-]. The van der Waals surface area contributed by atoms with Gasteiger partial charge in [-0.05, 0) is 125 Å². The number of fused-ring (bicyclic) bond motifs is 4. The Kier molecular flexibility index (Phi) is 39.6. The van der Waals surface area contributed by atoms with Crippen LogP contribution in [0, 0.1) is 12.8 Å².